The predicted molar refractivity (Wildman–Crippen MR) is 135 cm³/mol. The SMILES string of the molecule is COc1ccc2cc(C(=O)N3CCC([C@@H](C)C(=O)NCc4ccc(N(C)C)cc4)CC3)[nH]c2c1. The number of benzene rings is 2. The molecule has 4 rings (SSSR count). The van der Waals surface area contributed by atoms with E-state index < -0.39 is 0 Å². The van der Waals surface area contributed by atoms with E-state index in [0.29, 0.717) is 25.3 Å². The summed E-state index contributed by atoms with van der Waals surface area (Å²) in [5.41, 5.74) is 3.70. The van der Waals surface area contributed by atoms with Gasteiger partial charge in [0, 0.05) is 62.3 Å². The summed E-state index contributed by atoms with van der Waals surface area (Å²) in [5, 5.41) is 4.07. The summed E-state index contributed by atoms with van der Waals surface area (Å²) in [5.74, 6) is 1.02. The number of rotatable bonds is 7. The molecule has 3 aromatic rings. The van der Waals surface area contributed by atoms with Crippen LogP contribution in [0.2, 0.25) is 0 Å². The molecule has 7 heteroatoms. The molecule has 1 saturated heterocycles. The molecule has 7 nitrogen and oxygen atoms in total. The van der Waals surface area contributed by atoms with Crippen LogP contribution in [0.5, 0.6) is 5.75 Å². The minimum Gasteiger partial charge on any atom is -0.497 e. The molecule has 1 fully saturated rings. The molecule has 1 aromatic heterocycles. The Morgan fingerprint density at radius 3 is 2.47 bits per heavy atom. The van der Waals surface area contributed by atoms with E-state index in [2.05, 4.69) is 27.3 Å². The molecule has 0 unspecified atom stereocenters. The van der Waals surface area contributed by atoms with E-state index >= 15 is 0 Å². The highest BCUT2D eigenvalue weighted by Gasteiger charge is 2.30. The fraction of sp³-hybridized carbons (Fsp3) is 0.407. The Bertz CT molecular complexity index is 1140. The highest BCUT2D eigenvalue weighted by molar-refractivity contribution is 5.98. The fourth-order valence-electron chi connectivity index (χ4n) is 4.60. The summed E-state index contributed by atoms with van der Waals surface area (Å²) >= 11 is 0. The molecule has 2 amide bonds. The largest absolute Gasteiger partial charge is 0.497 e. The first kappa shape index (κ1) is 23.7. The second-order valence-electron chi connectivity index (χ2n) is 9.33. The first-order valence-electron chi connectivity index (χ1n) is 11.9. The van der Waals surface area contributed by atoms with Crippen molar-refractivity contribution in [1.82, 2.24) is 15.2 Å². The predicted octanol–water partition coefficient (Wildman–Crippen LogP) is 4.05. The van der Waals surface area contributed by atoms with Gasteiger partial charge in [0.15, 0.2) is 0 Å². The molecule has 0 saturated carbocycles. The third-order valence-electron chi connectivity index (χ3n) is 6.93. The number of fused-ring (bicyclic) bond motifs is 1. The molecule has 180 valence electrons. The first-order chi connectivity index (χ1) is 16.4. The number of likely N-dealkylation sites (tertiary alicyclic amines) is 1. The van der Waals surface area contributed by atoms with Gasteiger partial charge in [-0.15, -0.1) is 0 Å². The number of nitrogens with zero attached hydrogens (tertiary/aromatic N) is 2. The zero-order valence-electron chi connectivity index (χ0n) is 20.4. The number of anilines is 1. The van der Waals surface area contributed by atoms with Gasteiger partial charge in [0.1, 0.15) is 11.4 Å². The molecule has 1 atom stereocenters. The molecule has 1 aliphatic heterocycles. The van der Waals surface area contributed by atoms with E-state index in [1.165, 1.54) is 0 Å². The van der Waals surface area contributed by atoms with Crippen LogP contribution >= 0.6 is 0 Å². The van der Waals surface area contributed by atoms with Gasteiger partial charge in [0.2, 0.25) is 5.91 Å². The Labute approximate surface area is 201 Å². The molecule has 0 bridgehead atoms. The van der Waals surface area contributed by atoms with Crippen LogP contribution in [-0.4, -0.2) is 56.0 Å². The molecule has 34 heavy (non-hydrogen) atoms. The summed E-state index contributed by atoms with van der Waals surface area (Å²) in [6.07, 6.45) is 1.65. The van der Waals surface area contributed by atoms with Gasteiger partial charge in [0.05, 0.1) is 7.11 Å². The van der Waals surface area contributed by atoms with Gasteiger partial charge in [-0.25, -0.2) is 0 Å². The molecule has 0 aliphatic carbocycles. The summed E-state index contributed by atoms with van der Waals surface area (Å²) in [6, 6.07) is 15.8. The number of piperidine rings is 1. The number of methoxy groups -OCH3 is 1. The number of aromatic amines is 1. The van der Waals surface area contributed by atoms with Crippen LogP contribution in [0.15, 0.2) is 48.5 Å². The van der Waals surface area contributed by atoms with Gasteiger partial charge in [-0.05, 0) is 54.7 Å². The smallest absolute Gasteiger partial charge is 0.270 e. The highest BCUT2D eigenvalue weighted by Crippen LogP contribution is 2.27. The van der Waals surface area contributed by atoms with E-state index in [9.17, 15) is 9.59 Å². The topological polar surface area (TPSA) is 77.7 Å². The maximum atomic E-state index is 13.0. The Morgan fingerprint density at radius 1 is 1.12 bits per heavy atom. The maximum absolute atomic E-state index is 13.0. The van der Waals surface area contributed by atoms with E-state index in [0.717, 1.165) is 40.7 Å². The molecule has 0 radical (unpaired) electrons. The van der Waals surface area contributed by atoms with Crippen molar-refractivity contribution in [2.45, 2.75) is 26.3 Å². The normalized spacial score (nSPS) is 15.2. The van der Waals surface area contributed by atoms with Gasteiger partial charge in [-0.3, -0.25) is 9.59 Å². The van der Waals surface area contributed by atoms with Crippen LogP contribution in [-0.2, 0) is 11.3 Å². The van der Waals surface area contributed by atoms with E-state index in [1.54, 1.807) is 7.11 Å². The average molecular weight is 463 g/mol. The van der Waals surface area contributed by atoms with Crippen LogP contribution in [0.25, 0.3) is 10.9 Å². The minimum absolute atomic E-state index is 0.00638. The maximum Gasteiger partial charge on any atom is 0.270 e. The van der Waals surface area contributed by atoms with E-state index in [4.69, 9.17) is 4.74 Å². The van der Waals surface area contributed by atoms with E-state index in [-0.39, 0.29) is 23.7 Å². The molecular weight excluding hydrogens is 428 g/mol. The number of amides is 2. The van der Waals surface area contributed by atoms with Gasteiger partial charge in [0.25, 0.3) is 5.91 Å². The van der Waals surface area contributed by atoms with Crippen molar-refractivity contribution in [3.05, 3.63) is 59.8 Å². The number of nitrogens with one attached hydrogen (secondary N) is 2. The zero-order chi connectivity index (χ0) is 24.2. The van der Waals surface area contributed by atoms with Crippen molar-refractivity contribution in [3.8, 4) is 5.75 Å². The van der Waals surface area contributed by atoms with Crippen LogP contribution in [0.4, 0.5) is 5.69 Å². The Morgan fingerprint density at radius 2 is 1.82 bits per heavy atom. The lowest BCUT2D eigenvalue weighted by atomic mass is 9.84. The van der Waals surface area contributed by atoms with Crippen LogP contribution in [0.1, 0.15) is 35.8 Å². The molecule has 2 heterocycles. The van der Waals surface area contributed by atoms with Gasteiger partial charge >= 0.3 is 0 Å². The third kappa shape index (κ3) is 5.19. The van der Waals surface area contributed by atoms with E-state index in [1.807, 2.05) is 62.3 Å². The Balaban J connectivity index is 1.28. The lowest BCUT2D eigenvalue weighted by molar-refractivity contribution is -0.126. The summed E-state index contributed by atoms with van der Waals surface area (Å²) in [4.78, 5) is 33.0. The molecule has 1 aliphatic rings. The van der Waals surface area contributed by atoms with Gasteiger partial charge in [-0.1, -0.05) is 19.1 Å². The van der Waals surface area contributed by atoms with Crippen molar-refractivity contribution >= 4 is 28.4 Å². The second-order valence-corrected chi connectivity index (χ2v) is 9.33. The van der Waals surface area contributed by atoms with Crippen molar-refractivity contribution in [1.29, 1.82) is 0 Å². The van der Waals surface area contributed by atoms with Crippen LogP contribution in [0, 0.1) is 11.8 Å². The monoisotopic (exact) mass is 462 g/mol. The molecule has 2 N–H and O–H groups in total. The van der Waals surface area contributed by atoms with Gasteiger partial charge in [-0.2, -0.15) is 0 Å². The van der Waals surface area contributed by atoms with Crippen LogP contribution in [0.3, 0.4) is 0 Å². The first-order valence-corrected chi connectivity index (χ1v) is 11.9. The summed E-state index contributed by atoms with van der Waals surface area (Å²) < 4.78 is 5.27. The molecular formula is C27H34N4O3. The van der Waals surface area contributed by atoms with Crippen molar-refractivity contribution in [2.75, 3.05) is 39.2 Å². The lowest BCUT2D eigenvalue weighted by Crippen LogP contribution is -2.42. The standard InChI is InChI=1S/C27H34N4O3/c1-18(26(32)28-17-19-5-8-22(9-6-19)30(2)3)20-11-13-31(14-12-20)27(33)25-15-21-7-10-23(34-4)16-24(21)29-25/h5-10,15-16,18,20,29H,11-14,17H2,1-4H3,(H,28,32)/t18-/m1/s1. The van der Waals surface area contributed by atoms with Crippen molar-refractivity contribution < 1.29 is 14.3 Å². The number of hydrogen-bond acceptors (Lipinski definition) is 4. The number of aromatic nitrogens is 1. The third-order valence-corrected chi connectivity index (χ3v) is 6.93. The number of carbonyl (C=O) groups excluding carboxylic acids is 2. The number of hydrogen-bond donors (Lipinski definition) is 2. The summed E-state index contributed by atoms with van der Waals surface area (Å²) in [7, 11) is 5.65. The average Bonchev–Trinajstić information content (AvgIpc) is 3.30. The molecule has 0 spiro atoms. The quantitative estimate of drug-likeness (QED) is 0.555. The Kier molecular flexibility index (Phi) is 7.10. The second kappa shape index (κ2) is 10.2. The Hall–Kier alpha value is -3.48. The highest BCUT2D eigenvalue weighted by atomic mass is 16.5. The fourth-order valence-corrected chi connectivity index (χ4v) is 4.60. The van der Waals surface area contributed by atoms with Crippen molar-refractivity contribution in [2.24, 2.45) is 11.8 Å². The van der Waals surface area contributed by atoms with Crippen molar-refractivity contribution in [3.63, 3.8) is 0 Å². The number of ether oxygens (including phenoxy) is 1. The van der Waals surface area contributed by atoms with Gasteiger partial charge < -0.3 is 24.8 Å². The van der Waals surface area contributed by atoms with Crippen LogP contribution < -0.4 is 15.0 Å². The molecule has 2 aromatic carbocycles. The minimum atomic E-state index is -0.0844. The lowest BCUT2D eigenvalue weighted by Gasteiger charge is -2.34. The summed E-state index contributed by atoms with van der Waals surface area (Å²) in [6.45, 7) is 3.84. The zero-order valence-corrected chi connectivity index (χ0v) is 20.4. The number of H-pyrrole nitrogens is 1. The number of carbonyl (C=O) groups is 2.